The van der Waals surface area contributed by atoms with E-state index in [2.05, 4.69) is 16.5 Å². The van der Waals surface area contributed by atoms with E-state index in [9.17, 15) is 0 Å². The highest BCUT2D eigenvalue weighted by molar-refractivity contribution is 6.31. The maximum Gasteiger partial charge on any atom is 0.113 e. The molecule has 2 aromatic rings. The summed E-state index contributed by atoms with van der Waals surface area (Å²) in [4.78, 5) is 4.62. The Balaban J connectivity index is 2.59. The number of halogens is 1. The van der Waals surface area contributed by atoms with Crippen molar-refractivity contribution in [3.8, 4) is 0 Å². The molecule has 2 rings (SSSR count). The number of fused-ring (bicyclic) bond motifs is 1. The summed E-state index contributed by atoms with van der Waals surface area (Å²) in [5.41, 5.74) is 7.80. The molecule has 1 atom stereocenters. The van der Waals surface area contributed by atoms with Crippen LogP contribution in [0.2, 0.25) is 5.02 Å². The number of hydrogen-bond acceptors (Lipinski definition) is 2. The first kappa shape index (κ1) is 11.4. The minimum atomic E-state index is 0.316. The molecular formula is C12H16ClN3. The van der Waals surface area contributed by atoms with E-state index < -0.39 is 0 Å². The van der Waals surface area contributed by atoms with Crippen LogP contribution in [0.3, 0.4) is 0 Å². The average Bonchev–Trinajstić information content (AvgIpc) is 2.59. The van der Waals surface area contributed by atoms with Gasteiger partial charge in [-0.25, -0.2) is 4.98 Å². The van der Waals surface area contributed by atoms with Crippen molar-refractivity contribution in [3.05, 3.63) is 29.0 Å². The van der Waals surface area contributed by atoms with Gasteiger partial charge in [0.15, 0.2) is 0 Å². The first-order chi connectivity index (χ1) is 7.67. The van der Waals surface area contributed by atoms with Gasteiger partial charge in [0.2, 0.25) is 0 Å². The Bertz CT molecular complexity index is 500. The van der Waals surface area contributed by atoms with Crippen molar-refractivity contribution >= 4 is 22.6 Å². The first-order valence-electron chi connectivity index (χ1n) is 5.49. The van der Waals surface area contributed by atoms with E-state index in [-0.39, 0.29) is 0 Å². The van der Waals surface area contributed by atoms with Gasteiger partial charge in [0.05, 0.1) is 11.0 Å². The van der Waals surface area contributed by atoms with Crippen molar-refractivity contribution in [1.29, 1.82) is 0 Å². The molecular weight excluding hydrogens is 222 g/mol. The lowest BCUT2D eigenvalue weighted by molar-refractivity contribution is 0.608. The van der Waals surface area contributed by atoms with Crippen molar-refractivity contribution in [1.82, 2.24) is 9.55 Å². The molecule has 2 N–H and O–H groups in total. The average molecular weight is 238 g/mol. The lowest BCUT2D eigenvalue weighted by Crippen LogP contribution is -2.15. The number of aryl methyl sites for hydroxylation is 1. The molecule has 1 aromatic heterocycles. The molecule has 0 radical (unpaired) electrons. The van der Waals surface area contributed by atoms with Gasteiger partial charge in [-0.3, -0.25) is 0 Å². The van der Waals surface area contributed by atoms with E-state index in [0.717, 1.165) is 28.3 Å². The summed E-state index contributed by atoms with van der Waals surface area (Å²) in [6.07, 6.45) is 1.00. The Morgan fingerprint density at radius 2 is 2.25 bits per heavy atom. The monoisotopic (exact) mass is 237 g/mol. The molecule has 0 spiro atoms. The molecule has 0 aliphatic rings. The topological polar surface area (TPSA) is 43.8 Å². The van der Waals surface area contributed by atoms with E-state index in [1.807, 2.05) is 25.2 Å². The smallest absolute Gasteiger partial charge is 0.113 e. The van der Waals surface area contributed by atoms with E-state index >= 15 is 0 Å². The molecule has 1 heterocycles. The van der Waals surface area contributed by atoms with Crippen molar-refractivity contribution in [2.24, 2.45) is 12.8 Å². The van der Waals surface area contributed by atoms with Crippen molar-refractivity contribution in [2.75, 3.05) is 6.54 Å². The number of imidazole rings is 1. The third-order valence-electron chi connectivity index (χ3n) is 3.02. The number of aromatic nitrogens is 2. The normalized spacial score (nSPS) is 13.2. The number of benzene rings is 1. The SMILES string of the molecule is CCC(CN)c1nc2ccc(Cl)cc2n1C. The Kier molecular flexibility index (Phi) is 3.17. The molecule has 0 aliphatic heterocycles. The predicted octanol–water partition coefficient (Wildman–Crippen LogP) is 2.68. The molecule has 16 heavy (non-hydrogen) atoms. The molecule has 0 aliphatic carbocycles. The van der Waals surface area contributed by atoms with Gasteiger partial charge in [0, 0.05) is 24.5 Å². The van der Waals surface area contributed by atoms with Gasteiger partial charge in [0.25, 0.3) is 0 Å². The second kappa shape index (κ2) is 4.44. The van der Waals surface area contributed by atoms with Gasteiger partial charge in [-0.15, -0.1) is 0 Å². The van der Waals surface area contributed by atoms with Crippen LogP contribution < -0.4 is 5.73 Å². The van der Waals surface area contributed by atoms with Gasteiger partial charge < -0.3 is 10.3 Å². The summed E-state index contributed by atoms with van der Waals surface area (Å²) in [5.74, 6) is 1.36. The zero-order valence-electron chi connectivity index (χ0n) is 9.57. The number of nitrogens with two attached hydrogens (primary N) is 1. The first-order valence-corrected chi connectivity index (χ1v) is 5.87. The number of rotatable bonds is 3. The molecule has 86 valence electrons. The van der Waals surface area contributed by atoms with Crippen LogP contribution in [-0.2, 0) is 7.05 Å². The zero-order valence-corrected chi connectivity index (χ0v) is 10.3. The van der Waals surface area contributed by atoms with E-state index in [4.69, 9.17) is 17.3 Å². The maximum atomic E-state index is 5.98. The third kappa shape index (κ3) is 1.81. The molecule has 1 aromatic carbocycles. The van der Waals surface area contributed by atoms with Gasteiger partial charge in [0.1, 0.15) is 5.82 Å². The Labute approximate surface area is 100 Å². The third-order valence-corrected chi connectivity index (χ3v) is 3.26. The molecule has 3 nitrogen and oxygen atoms in total. The predicted molar refractivity (Wildman–Crippen MR) is 67.8 cm³/mol. The minimum Gasteiger partial charge on any atom is -0.331 e. The Morgan fingerprint density at radius 3 is 2.88 bits per heavy atom. The standard InChI is InChI=1S/C12H16ClN3/c1-3-8(7-14)12-15-10-5-4-9(13)6-11(10)16(12)2/h4-6,8H,3,7,14H2,1-2H3. The summed E-state index contributed by atoms with van der Waals surface area (Å²) in [6, 6.07) is 5.76. The summed E-state index contributed by atoms with van der Waals surface area (Å²) in [7, 11) is 2.01. The highest BCUT2D eigenvalue weighted by Gasteiger charge is 2.15. The maximum absolute atomic E-state index is 5.98. The van der Waals surface area contributed by atoms with Crippen LogP contribution in [0.1, 0.15) is 25.1 Å². The molecule has 4 heteroatoms. The second-order valence-electron chi connectivity index (χ2n) is 4.00. The van der Waals surface area contributed by atoms with Crippen LogP contribution in [0.25, 0.3) is 11.0 Å². The Hall–Kier alpha value is -1.06. The molecule has 1 unspecified atom stereocenters. The second-order valence-corrected chi connectivity index (χ2v) is 4.44. The quantitative estimate of drug-likeness (QED) is 0.892. The molecule has 0 saturated carbocycles. The summed E-state index contributed by atoms with van der Waals surface area (Å²) in [5, 5.41) is 0.739. The van der Waals surface area contributed by atoms with E-state index in [1.165, 1.54) is 0 Å². The molecule has 0 fully saturated rings. The fourth-order valence-electron chi connectivity index (χ4n) is 2.00. The van der Waals surface area contributed by atoms with Crippen LogP contribution in [0.5, 0.6) is 0 Å². The van der Waals surface area contributed by atoms with Crippen molar-refractivity contribution in [2.45, 2.75) is 19.3 Å². The van der Waals surface area contributed by atoms with Crippen LogP contribution in [0.15, 0.2) is 18.2 Å². The highest BCUT2D eigenvalue weighted by Crippen LogP contribution is 2.24. The lowest BCUT2D eigenvalue weighted by atomic mass is 10.1. The number of nitrogens with zero attached hydrogens (tertiary/aromatic N) is 2. The van der Waals surface area contributed by atoms with Crippen LogP contribution in [-0.4, -0.2) is 16.1 Å². The van der Waals surface area contributed by atoms with Gasteiger partial charge in [-0.2, -0.15) is 0 Å². The summed E-state index contributed by atoms with van der Waals surface area (Å²) in [6.45, 7) is 2.76. The largest absolute Gasteiger partial charge is 0.331 e. The fraction of sp³-hybridized carbons (Fsp3) is 0.417. The van der Waals surface area contributed by atoms with Gasteiger partial charge in [-0.1, -0.05) is 18.5 Å². The van der Waals surface area contributed by atoms with Gasteiger partial charge in [-0.05, 0) is 24.6 Å². The summed E-state index contributed by atoms with van der Waals surface area (Å²) < 4.78 is 2.09. The van der Waals surface area contributed by atoms with E-state index in [1.54, 1.807) is 0 Å². The fourth-order valence-corrected chi connectivity index (χ4v) is 2.17. The van der Waals surface area contributed by atoms with Crippen molar-refractivity contribution in [3.63, 3.8) is 0 Å². The lowest BCUT2D eigenvalue weighted by Gasteiger charge is -2.11. The van der Waals surface area contributed by atoms with E-state index in [0.29, 0.717) is 12.5 Å². The highest BCUT2D eigenvalue weighted by atomic mass is 35.5. The Morgan fingerprint density at radius 1 is 1.50 bits per heavy atom. The van der Waals surface area contributed by atoms with Gasteiger partial charge >= 0.3 is 0 Å². The molecule has 0 amide bonds. The molecule has 0 bridgehead atoms. The van der Waals surface area contributed by atoms with Crippen LogP contribution in [0, 0.1) is 0 Å². The van der Waals surface area contributed by atoms with Crippen LogP contribution >= 0.6 is 11.6 Å². The van der Waals surface area contributed by atoms with Crippen LogP contribution in [0.4, 0.5) is 0 Å². The zero-order chi connectivity index (χ0) is 11.7. The molecule has 0 saturated heterocycles. The number of hydrogen-bond donors (Lipinski definition) is 1. The van der Waals surface area contributed by atoms with Crippen molar-refractivity contribution < 1.29 is 0 Å². The summed E-state index contributed by atoms with van der Waals surface area (Å²) >= 11 is 5.98. The minimum absolute atomic E-state index is 0.316.